The van der Waals surface area contributed by atoms with Gasteiger partial charge in [-0.1, -0.05) is 17.9 Å². The molecule has 5 nitrogen and oxygen atoms in total. The number of aliphatic hydroxyl groups excluding tert-OH is 2. The largest absolute Gasteiger partial charge is 0.396 e. The number of aliphatic hydroxyl groups is 2. The molecule has 1 aliphatic heterocycles. The van der Waals surface area contributed by atoms with Crippen LogP contribution in [0.15, 0.2) is 29.2 Å². The Labute approximate surface area is 118 Å². The first-order valence-corrected chi connectivity index (χ1v) is 7.82. The van der Waals surface area contributed by atoms with Gasteiger partial charge in [0, 0.05) is 25.3 Å². The van der Waals surface area contributed by atoms with E-state index in [2.05, 4.69) is 11.8 Å². The lowest BCUT2D eigenvalue weighted by atomic mass is 10.1. The molecule has 0 radical (unpaired) electrons. The zero-order chi connectivity index (χ0) is 14.6. The summed E-state index contributed by atoms with van der Waals surface area (Å²) in [6.45, 7) is 0.529. The third kappa shape index (κ3) is 3.19. The zero-order valence-corrected chi connectivity index (χ0v) is 11.8. The van der Waals surface area contributed by atoms with Crippen molar-refractivity contribution in [2.75, 3.05) is 26.3 Å². The minimum atomic E-state index is -3.54. The normalized spacial score (nSPS) is 19.6. The Hall–Kier alpha value is -1.39. The molecule has 1 saturated heterocycles. The summed E-state index contributed by atoms with van der Waals surface area (Å²) in [7, 11) is -3.54. The summed E-state index contributed by atoms with van der Waals surface area (Å²) < 4.78 is 26.3. The van der Waals surface area contributed by atoms with Crippen LogP contribution in [-0.4, -0.2) is 49.2 Å². The van der Waals surface area contributed by atoms with Gasteiger partial charge in [0.2, 0.25) is 10.0 Å². The van der Waals surface area contributed by atoms with Crippen molar-refractivity contribution < 1.29 is 18.6 Å². The number of hydrogen-bond donors (Lipinski definition) is 2. The van der Waals surface area contributed by atoms with Crippen molar-refractivity contribution >= 4 is 10.0 Å². The molecule has 6 heteroatoms. The fourth-order valence-electron chi connectivity index (χ4n) is 2.19. The molecule has 1 atom stereocenters. The summed E-state index contributed by atoms with van der Waals surface area (Å²) in [6.07, 6.45) is 0.680. The van der Waals surface area contributed by atoms with Crippen molar-refractivity contribution in [3.05, 3.63) is 29.8 Å². The molecule has 2 N–H and O–H groups in total. The Morgan fingerprint density at radius 2 is 2.15 bits per heavy atom. The first-order valence-electron chi connectivity index (χ1n) is 6.38. The van der Waals surface area contributed by atoms with Crippen LogP contribution < -0.4 is 0 Å². The highest BCUT2D eigenvalue weighted by molar-refractivity contribution is 7.89. The minimum absolute atomic E-state index is 0.00797. The predicted molar refractivity (Wildman–Crippen MR) is 74.4 cm³/mol. The Morgan fingerprint density at radius 1 is 1.35 bits per heavy atom. The van der Waals surface area contributed by atoms with Crippen molar-refractivity contribution in [1.29, 1.82) is 0 Å². The number of rotatable bonds is 3. The second-order valence-corrected chi connectivity index (χ2v) is 6.63. The van der Waals surface area contributed by atoms with E-state index in [4.69, 9.17) is 10.2 Å². The van der Waals surface area contributed by atoms with Gasteiger partial charge in [0.1, 0.15) is 6.61 Å². The van der Waals surface area contributed by atoms with E-state index >= 15 is 0 Å². The van der Waals surface area contributed by atoms with Crippen LogP contribution in [0.2, 0.25) is 0 Å². The number of nitrogens with zero attached hydrogens (tertiary/aromatic N) is 1. The maximum absolute atomic E-state index is 12.5. The fraction of sp³-hybridized carbons (Fsp3) is 0.429. The topological polar surface area (TPSA) is 77.8 Å². The molecular weight excluding hydrogens is 278 g/mol. The van der Waals surface area contributed by atoms with E-state index in [0.29, 0.717) is 25.1 Å². The standard InChI is InChI=1S/C14H17NO4S/c16-8-2-4-12-3-1-5-14(9-12)20(18,19)15-7-6-13(10-15)11-17/h1,3,5,9,13,16-17H,6-8,10-11H2. The lowest BCUT2D eigenvalue weighted by molar-refractivity contribution is 0.233. The highest BCUT2D eigenvalue weighted by Crippen LogP contribution is 2.24. The van der Waals surface area contributed by atoms with Gasteiger partial charge in [-0.3, -0.25) is 0 Å². The van der Waals surface area contributed by atoms with E-state index in [0.717, 1.165) is 0 Å². The van der Waals surface area contributed by atoms with Crippen LogP contribution in [0.3, 0.4) is 0 Å². The highest BCUT2D eigenvalue weighted by atomic mass is 32.2. The number of sulfonamides is 1. The number of hydrogen-bond acceptors (Lipinski definition) is 4. The molecule has 2 rings (SSSR count). The molecule has 1 aromatic rings. The first kappa shape index (κ1) is 15.0. The molecule has 1 unspecified atom stereocenters. The van der Waals surface area contributed by atoms with Crippen LogP contribution in [-0.2, 0) is 10.0 Å². The minimum Gasteiger partial charge on any atom is -0.396 e. The van der Waals surface area contributed by atoms with Crippen LogP contribution in [0.1, 0.15) is 12.0 Å². The Morgan fingerprint density at radius 3 is 2.80 bits per heavy atom. The average Bonchev–Trinajstić information content (AvgIpc) is 2.95. The van der Waals surface area contributed by atoms with Crippen LogP contribution in [0, 0.1) is 17.8 Å². The summed E-state index contributed by atoms with van der Waals surface area (Å²) in [5.41, 5.74) is 0.554. The SMILES string of the molecule is O=S(=O)(c1cccc(C#CCO)c1)N1CCC(CO)C1. The van der Waals surface area contributed by atoms with Crippen LogP contribution in [0.4, 0.5) is 0 Å². The molecule has 1 aromatic carbocycles. The maximum atomic E-state index is 12.5. The zero-order valence-electron chi connectivity index (χ0n) is 11.0. The molecule has 0 saturated carbocycles. The second kappa shape index (κ2) is 6.37. The van der Waals surface area contributed by atoms with E-state index in [9.17, 15) is 8.42 Å². The van der Waals surface area contributed by atoms with E-state index in [-0.39, 0.29) is 24.0 Å². The molecule has 1 heterocycles. The van der Waals surface area contributed by atoms with Crippen LogP contribution in [0.25, 0.3) is 0 Å². The van der Waals surface area contributed by atoms with E-state index in [1.54, 1.807) is 12.1 Å². The quantitative estimate of drug-likeness (QED) is 0.772. The molecule has 108 valence electrons. The van der Waals surface area contributed by atoms with Gasteiger partial charge < -0.3 is 10.2 Å². The van der Waals surface area contributed by atoms with E-state index in [1.165, 1.54) is 16.4 Å². The molecule has 0 spiro atoms. The Bertz CT molecular complexity index is 630. The fourth-order valence-corrected chi connectivity index (χ4v) is 3.77. The van der Waals surface area contributed by atoms with Crippen molar-refractivity contribution in [3.63, 3.8) is 0 Å². The summed E-state index contributed by atoms with van der Waals surface area (Å²) in [4.78, 5) is 0.195. The monoisotopic (exact) mass is 295 g/mol. The van der Waals surface area contributed by atoms with Gasteiger partial charge in [-0.25, -0.2) is 8.42 Å². The Kier molecular flexibility index (Phi) is 4.78. The van der Waals surface area contributed by atoms with Crippen molar-refractivity contribution in [2.45, 2.75) is 11.3 Å². The van der Waals surface area contributed by atoms with E-state index in [1.807, 2.05) is 0 Å². The smallest absolute Gasteiger partial charge is 0.243 e. The second-order valence-electron chi connectivity index (χ2n) is 4.69. The predicted octanol–water partition coefficient (Wildman–Crippen LogP) is 0.0333. The molecule has 0 aromatic heterocycles. The highest BCUT2D eigenvalue weighted by Gasteiger charge is 2.32. The van der Waals surface area contributed by atoms with Crippen molar-refractivity contribution in [3.8, 4) is 11.8 Å². The van der Waals surface area contributed by atoms with Crippen molar-refractivity contribution in [2.24, 2.45) is 5.92 Å². The molecule has 1 fully saturated rings. The molecule has 0 amide bonds. The third-order valence-corrected chi connectivity index (χ3v) is 5.15. The first-order chi connectivity index (χ1) is 9.57. The summed E-state index contributed by atoms with van der Waals surface area (Å²) in [5, 5.41) is 17.8. The van der Waals surface area contributed by atoms with Gasteiger partial charge >= 0.3 is 0 Å². The molecule has 0 aliphatic carbocycles. The van der Waals surface area contributed by atoms with Crippen molar-refractivity contribution in [1.82, 2.24) is 4.31 Å². The molecular formula is C14H17NO4S. The van der Waals surface area contributed by atoms with E-state index < -0.39 is 10.0 Å². The van der Waals surface area contributed by atoms with Gasteiger partial charge in [0.25, 0.3) is 0 Å². The Balaban J connectivity index is 2.26. The molecule has 20 heavy (non-hydrogen) atoms. The molecule has 0 bridgehead atoms. The van der Waals surface area contributed by atoms with Gasteiger partial charge in [0.05, 0.1) is 4.90 Å². The summed E-state index contributed by atoms with van der Waals surface area (Å²) in [5.74, 6) is 5.20. The van der Waals surface area contributed by atoms with Gasteiger partial charge in [0.15, 0.2) is 0 Å². The van der Waals surface area contributed by atoms with Gasteiger partial charge in [-0.05, 0) is 30.5 Å². The molecule has 1 aliphatic rings. The number of benzene rings is 1. The van der Waals surface area contributed by atoms with Gasteiger partial charge in [-0.2, -0.15) is 4.31 Å². The maximum Gasteiger partial charge on any atom is 0.243 e. The van der Waals surface area contributed by atoms with Crippen LogP contribution >= 0.6 is 0 Å². The summed E-state index contributed by atoms with van der Waals surface area (Å²) >= 11 is 0. The lowest BCUT2D eigenvalue weighted by Gasteiger charge is -2.16. The third-order valence-electron chi connectivity index (χ3n) is 3.29. The lowest BCUT2D eigenvalue weighted by Crippen LogP contribution is -2.29. The summed E-state index contributed by atoms with van der Waals surface area (Å²) in [6, 6.07) is 6.37. The van der Waals surface area contributed by atoms with Crippen LogP contribution in [0.5, 0.6) is 0 Å². The van der Waals surface area contributed by atoms with Gasteiger partial charge in [-0.15, -0.1) is 0 Å². The average molecular weight is 295 g/mol.